The molecule has 9 heteroatoms. The maximum Gasteiger partial charge on any atom is 0.294 e. The van der Waals surface area contributed by atoms with E-state index in [1.165, 1.54) is 12.1 Å². The van der Waals surface area contributed by atoms with E-state index in [-0.39, 0.29) is 17.3 Å². The van der Waals surface area contributed by atoms with Crippen molar-refractivity contribution in [3.63, 3.8) is 0 Å². The molecule has 1 aliphatic heterocycles. The first-order valence-electron chi connectivity index (χ1n) is 10.2. The molecule has 1 N–H and O–H groups in total. The molecular formula is C25H18ClFN2O4S. The predicted octanol–water partition coefficient (Wildman–Crippen LogP) is 5.73. The number of anilines is 1. The van der Waals surface area contributed by atoms with Gasteiger partial charge in [-0.25, -0.2) is 4.39 Å². The minimum absolute atomic E-state index is 0.174. The van der Waals surface area contributed by atoms with Crippen LogP contribution in [-0.2, 0) is 16.2 Å². The number of nitrogens with one attached hydrogen (secondary N) is 1. The molecule has 0 radical (unpaired) electrons. The molecule has 0 aromatic heterocycles. The second-order valence-corrected chi connectivity index (χ2v) is 8.65. The quantitative estimate of drug-likeness (QED) is 0.422. The van der Waals surface area contributed by atoms with Gasteiger partial charge in [0, 0.05) is 5.56 Å². The topological polar surface area (TPSA) is 75.7 Å². The Bertz CT molecular complexity index is 1280. The van der Waals surface area contributed by atoms with E-state index in [4.69, 9.17) is 16.3 Å². The second kappa shape index (κ2) is 10.5. The van der Waals surface area contributed by atoms with Gasteiger partial charge in [-0.3, -0.25) is 19.3 Å². The zero-order valence-electron chi connectivity index (χ0n) is 17.7. The molecule has 1 heterocycles. The molecule has 34 heavy (non-hydrogen) atoms. The van der Waals surface area contributed by atoms with E-state index in [2.05, 4.69) is 5.32 Å². The highest BCUT2D eigenvalue weighted by Gasteiger charge is 2.36. The molecule has 3 aromatic carbocycles. The van der Waals surface area contributed by atoms with Gasteiger partial charge >= 0.3 is 0 Å². The van der Waals surface area contributed by atoms with Crippen LogP contribution in [0.1, 0.15) is 11.1 Å². The smallest absolute Gasteiger partial charge is 0.294 e. The molecule has 0 saturated carbocycles. The summed E-state index contributed by atoms with van der Waals surface area (Å²) >= 11 is 6.79. The largest absolute Gasteiger partial charge is 0.488 e. The lowest BCUT2D eigenvalue weighted by molar-refractivity contribution is -0.127. The maximum absolute atomic E-state index is 13.1. The van der Waals surface area contributed by atoms with E-state index in [1.54, 1.807) is 66.7 Å². The van der Waals surface area contributed by atoms with Crippen LogP contribution in [0.2, 0.25) is 5.02 Å². The van der Waals surface area contributed by atoms with Crippen molar-refractivity contribution in [3.05, 3.63) is 99.7 Å². The van der Waals surface area contributed by atoms with E-state index in [1.807, 2.05) is 0 Å². The first kappa shape index (κ1) is 23.5. The zero-order chi connectivity index (χ0) is 24.1. The highest BCUT2D eigenvalue weighted by atomic mass is 35.5. The monoisotopic (exact) mass is 496 g/mol. The Morgan fingerprint density at radius 1 is 1.03 bits per heavy atom. The Hall–Kier alpha value is -3.62. The number of benzene rings is 3. The van der Waals surface area contributed by atoms with Gasteiger partial charge in [-0.2, -0.15) is 0 Å². The fraction of sp³-hybridized carbons (Fsp3) is 0.0800. The lowest BCUT2D eigenvalue weighted by atomic mass is 10.1. The number of nitrogens with zero attached hydrogens (tertiary/aromatic N) is 1. The molecule has 0 atom stereocenters. The SMILES string of the molecule is O=C(CN1C(=O)S/C(=C/c2ccccc2OCc2ccc(F)cc2)C1=O)Nc1ccccc1Cl. The van der Waals surface area contributed by atoms with Crippen molar-refractivity contribution in [2.75, 3.05) is 11.9 Å². The number of hydrogen-bond donors (Lipinski definition) is 1. The number of carbonyl (C=O) groups is 3. The van der Waals surface area contributed by atoms with Crippen LogP contribution in [-0.4, -0.2) is 28.5 Å². The lowest BCUT2D eigenvalue weighted by Crippen LogP contribution is -2.36. The van der Waals surface area contributed by atoms with Gasteiger partial charge in [-0.15, -0.1) is 0 Å². The molecule has 3 amide bonds. The van der Waals surface area contributed by atoms with Crippen LogP contribution in [0.3, 0.4) is 0 Å². The summed E-state index contributed by atoms with van der Waals surface area (Å²) < 4.78 is 18.9. The third-order valence-corrected chi connectivity index (χ3v) is 6.07. The molecule has 1 aliphatic rings. The fourth-order valence-corrected chi connectivity index (χ4v) is 4.16. The van der Waals surface area contributed by atoms with Gasteiger partial charge in [-0.1, -0.05) is 54.1 Å². The summed E-state index contributed by atoms with van der Waals surface area (Å²) in [6, 6.07) is 19.7. The van der Waals surface area contributed by atoms with Gasteiger partial charge < -0.3 is 10.1 Å². The van der Waals surface area contributed by atoms with Crippen molar-refractivity contribution >= 4 is 52.2 Å². The van der Waals surface area contributed by atoms with Crippen molar-refractivity contribution < 1.29 is 23.5 Å². The number of hydrogen-bond acceptors (Lipinski definition) is 5. The molecule has 3 aromatic rings. The molecule has 0 bridgehead atoms. The summed E-state index contributed by atoms with van der Waals surface area (Å²) in [5, 5.41) is 2.40. The van der Waals surface area contributed by atoms with Crippen molar-refractivity contribution in [2.24, 2.45) is 0 Å². The molecule has 6 nitrogen and oxygen atoms in total. The number of halogens is 2. The summed E-state index contributed by atoms with van der Waals surface area (Å²) in [6.45, 7) is -0.231. The molecular weight excluding hydrogens is 479 g/mol. The van der Waals surface area contributed by atoms with Gasteiger partial charge in [0.2, 0.25) is 5.91 Å². The second-order valence-electron chi connectivity index (χ2n) is 7.25. The van der Waals surface area contributed by atoms with Crippen LogP contribution in [0.4, 0.5) is 14.9 Å². The van der Waals surface area contributed by atoms with Crippen molar-refractivity contribution in [3.8, 4) is 5.75 Å². The third-order valence-electron chi connectivity index (χ3n) is 4.84. The number of carbonyl (C=O) groups excluding carboxylic acids is 3. The Morgan fingerprint density at radius 2 is 1.74 bits per heavy atom. The van der Waals surface area contributed by atoms with E-state index in [0.29, 0.717) is 22.0 Å². The highest BCUT2D eigenvalue weighted by Crippen LogP contribution is 2.34. The number of para-hydroxylation sites is 2. The first-order chi connectivity index (χ1) is 16.4. The average Bonchev–Trinajstić information content (AvgIpc) is 3.08. The maximum atomic E-state index is 13.1. The summed E-state index contributed by atoms with van der Waals surface area (Å²) in [5.41, 5.74) is 1.76. The first-order valence-corrected chi connectivity index (χ1v) is 11.4. The van der Waals surface area contributed by atoms with Crippen LogP contribution < -0.4 is 10.1 Å². The lowest BCUT2D eigenvalue weighted by Gasteiger charge is -2.13. The zero-order valence-corrected chi connectivity index (χ0v) is 19.2. The van der Waals surface area contributed by atoms with Crippen LogP contribution in [0.15, 0.2) is 77.7 Å². The number of thioether (sulfide) groups is 1. The number of amides is 3. The molecule has 0 aliphatic carbocycles. The van der Waals surface area contributed by atoms with Crippen molar-refractivity contribution in [1.82, 2.24) is 4.90 Å². The van der Waals surface area contributed by atoms with Crippen LogP contribution >= 0.6 is 23.4 Å². The molecule has 4 rings (SSSR count). The van der Waals surface area contributed by atoms with E-state index in [0.717, 1.165) is 22.2 Å². The standard InChI is InChI=1S/C25H18ClFN2O4S/c26-19-6-2-3-7-20(19)28-23(30)14-29-24(31)22(34-25(29)32)13-17-5-1-4-8-21(17)33-15-16-9-11-18(27)12-10-16/h1-13H,14-15H2,(H,28,30)/b22-13+. The molecule has 0 unspecified atom stereocenters. The summed E-state index contributed by atoms with van der Waals surface area (Å²) in [7, 11) is 0. The predicted molar refractivity (Wildman–Crippen MR) is 130 cm³/mol. The number of ether oxygens (including phenoxy) is 1. The Balaban J connectivity index is 1.45. The minimum Gasteiger partial charge on any atom is -0.488 e. The van der Waals surface area contributed by atoms with E-state index in [9.17, 15) is 18.8 Å². The van der Waals surface area contributed by atoms with Gasteiger partial charge in [0.1, 0.15) is 24.7 Å². The summed E-state index contributed by atoms with van der Waals surface area (Å²) in [6.07, 6.45) is 1.55. The minimum atomic E-state index is -0.572. The molecule has 0 spiro atoms. The summed E-state index contributed by atoms with van der Waals surface area (Å²) in [5.74, 6) is -0.951. The van der Waals surface area contributed by atoms with Gasteiger partial charge in [0.05, 0.1) is 15.6 Å². The van der Waals surface area contributed by atoms with Gasteiger partial charge in [0.15, 0.2) is 0 Å². The fourth-order valence-electron chi connectivity index (χ4n) is 3.15. The Morgan fingerprint density at radius 3 is 2.50 bits per heavy atom. The van der Waals surface area contributed by atoms with Gasteiger partial charge in [0.25, 0.3) is 11.1 Å². The number of rotatable bonds is 7. The normalized spacial score (nSPS) is 14.5. The molecule has 1 saturated heterocycles. The summed E-state index contributed by atoms with van der Waals surface area (Å²) in [4.78, 5) is 38.7. The van der Waals surface area contributed by atoms with Crippen LogP contribution in [0, 0.1) is 5.82 Å². The van der Waals surface area contributed by atoms with E-state index >= 15 is 0 Å². The third kappa shape index (κ3) is 5.65. The molecule has 1 fully saturated rings. The Labute approximate surface area is 204 Å². The Kier molecular flexibility index (Phi) is 7.30. The molecule has 172 valence electrons. The van der Waals surface area contributed by atoms with Gasteiger partial charge in [-0.05, 0) is 53.7 Å². The van der Waals surface area contributed by atoms with Crippen molar-refractivity contribution in [1.29, 1.82) is 0 Å². The van der Waals surface area contributed by atoms with Crippen LogP contribution in [0.5, 0.6) is 5.75 Å². The van der Waals surface area contributed by atoms with Crippen molar-refractivity contribution in [2.45, 2.75) is 6.61 Å². The number of imide groups is 1. The average molecular weight is 497 g/mol. The van der Waals surface area contributed by atoms with Crippen LogP contribution in [0.25, 0.3) is 6.08 Å². The highest BCUT2D eigenvalue weighted by molar-refractivity contribution is 8.18. The van der Waals surface area contributed by atoms with E-state index < -0.39 is 23.6 Å².